The van der Waals surface area contributed by atoms with Gasteiger partial charge in [0.1, 0.15) is 6.10 Å². The van der Waals surface area contributed by atoms with Gasteiger partial charge in [0, 0.05) is 17.0 Å². The molecule has 0 radical (unpaired) electrons. The van der Waals surface area contributed by atoms with Crippen molar-refractivity contribution in [1.82, 2.24) is 4.90 Å². The smallest absolute Gasteiger partial charge is 0.322 e. The van der Waals surface area contributed by atoms with Crippen molar-refractivity contribution in [2.75, 3.05) is 18.4 Å². The van der Waals surface area contributed by atoms with Crippen LogP contribution in [0.4, 0.5) is 10.5 Å². The molecule has 1 fully saturated rings. The number of carbonyl (C=O) groups is 1. The number of hydrogen-bond acceptors (Lipinski definition) is 3. The van der Waals surface area contributed by atoms with Crippen molar-refractivity contribution in [3.63, 3.8) is 0 Å². The Bertz CT molecular complexity index is 896. The molecular weight excluding hydrogens is 356 g/mol. The number of thiophene rings is 1. The maximum Gasteiger partial charge on any atom is 0.322 e. The van der Waals surface area contributed by atoms with Crippen LogP contribution in [0, 0.1) is 0 Å². The van der Waals surface area contributed by atoms with Gasteiger partial charge in [0.25, 0.3) is 0 Å². The minimum Gasteiger partial charge on any atom is -0.367 e. The van der Waals surface area contributed by atoms with Crippen LogP contribution in [-0.2, 0) is 4.74 Å². The molecule has 1 aromatic heterocycles. The van der Waals surface area contributed by atoms with E-state index in [-0.39, 0.29) is 18.2 Å². The van der Waals surface area contributed by atoms with Gasteiger partial charge in [-0.1, -0.05) is 54.6 Å². The van der Waals surface area contributed by atoms with Gasteiger partial charge in [0.05, 0.1) is 18.3 Å². The highest BCUT2D eigenvalue weighted by Gasteiger charge is 2.29. The first-order chi connectivity index (χ1) is 13.2. The van der Waals surface area contributed by atoms with E-state index in [9.17, 15) is 4.79 Å². The lowest BCUT2D eigenvalue weighted by Gasteiger charge is -2.37. The van der Waals surface area contributed by atoms with Crippen molar-refractivity contribution in [2.24, 2.45) is 0 Å². The fourth-order valence-electron chi connectivity index (χ4n) is 3.40. The predicted octanol–water partition coefficient (Wildman–Crippen LogP) is 5.41. The third kappa shape index (κ3) is 4.04. The van der Waals surface area contributed by atoms with E-state index in [0.29, 0.717) is 13.1 Å². The van der Waals surface area contributed by atoms with Gasteiger partial charge in [-0.15, -0.1) is 11.3 Å². The van der Waals surface area contributed by atoms with E-state index in [1.807, 2.05) is 77.9 Å². The molecule has 1 aliphatic rings. The van der Waals surface area contributed by atoms with Crippen molar-refractivity contribution >= 4 is 23.1 Å². The number of benzene rings is 2. The summed E-state index contributed by atoms with van der Waals surface area (Å²) in [5, 5.41) is 5.14. The Kier molecular flexibility index (Phi) is 5.23. The van der Waals surface area contributed by atoms with Gasteiger partial charge in [-0.2, -0.15) is 0 Å². The lowest BCUT2D eigenvalue weighted by Crippen LogP contribution is -2.47. The Balaban J connectivity index is 1.52. The number of carbonyl (C=O) groups excluding carboxylic acids is 1. The average molecular weight is 378 g/mol. The highest BCUT2D eigenvalue weighted by atomic mass is 32.1. The Morgan fingerprint density at radius 3 is 2.59 bits per heavy atom. The number of para-hydroxylation sites is 1. The first kappa shape index (κ1) is 17.8. The quantitative estimate of drug-likeness (QED) is 0.662. The molecule has 0 aliphatic carbocycles. The van der Waals surface area contributed by atoms with E-state index in [0.717, 1.165) is 21.7 Å². The van der Waals surface area contributed by atoms with E-state index >= 15 is 0 Å². The molecule has 2 unspecified atom stereocenters. The molecule has 1 aliphatic heterocycles. The summed E-state index contributed by atoms with van der Waals surface area (Å²) in [7, 11) is 0. The zero-order valence-corrected chi connectivity index (χ0v) is 16.0. The van der Waals surface area contributed by atoms with Gasteiger partial charge in [-0.05, 0) is 30.0 Å². The highest BCUT2D eigenvalue weighted by Crippen LogP contribution is 2.32. The lowest BCUT2D eigenvalue weighted by atomic mass is 10.1. The van der Waals surface area contributed by atoms with Crippen molar-refractivity contribution < 1.29 is 9.53 Å². The van der Waals surface area contributed by atoms with Gasteiger partial charge < -0.3 is 15.0 Å². The van der Waals surface area contributed by atoms with Crippen LogP contribution < -0.4 is 5.32 Å². The maximum absolute atomic E-state index is 13.0. The summed E-state index contributed by atoms with van der Waals surface area (Å²) in [6.45, 7) is 3.13. The number of ether oxygens (including phenoxy) is 1. The number of hydrogen-bond donors (Lipinski definition) is 1. The highest BCUT2D eigenvalue weighted by molar-refractivity contribution is 7.13. The number of urea groups is 1. The molecule has 0 bridgehead atoms. The van der Waals surface area contributed by atoms with Crippen LogP contribution >= 0.6 is 11.3 Å². The van der Waals surface area contributed by atoms with Gasteiger partial charge in [-0.25, -0.2) is 4.79 Å². The molecule has 138 valence electrons. The third-order valence-electron chi connectivity index (χ3n) is 4.67. The summed E-state index contributed by atoms with van der Waals surface area (Å²) in [5.41, 5.74) is 2.97. The molecule has 1 saturated heterocycles. The fraction of sp³-hybridized carbons (Fsp3) is 0.227. The number of morpholine rings is 1. The van der Waals surface area contributed by atoms with E-state index in [1.165, 1.54) is 0 Å². The van der Waals surface area contributed by atoms with E-state index in [1.54, 1.807) is 11.3 Å². The minimum atomic E-state index is -0.103. The van der Waals surface area contributed by atoms with Crippen LogP contribution in [0.5, 0.6) is 0 Å². The van der Waals surface area contributed by atoms with E-state index in [4.69, 9.17) is 4.74 Å². The molecule has 4 rings (SSSR count). The first-order valence-electron chi connectivity index (χ1n) is 9.10. The summed E-state index contributed by atoms with van der Waals surface area (Å²) in [6.07, 6.45) is -0.115. The second-order valence-corrected chi connectivity index (χ2v) is 7.65. The van der Waals surface area contributed by atoms with Crippen LogP contribution in [0.25, 0.3) is 10.4 Å². The summed E-state index contributed by atoms with van der Waals surface area (Å²) in [5.74, 6) is 0. The number of nitrogens with one attached hydrogen (secondary N) is 1. The van der Waals surface area contributed by atoms with Crippen LogP contribution in [0.1, 0.15) is 18.6 Å². The predicted molar refractivity (Wildman–Crippen MR) is 110 cm³/mol. The average Bonchev–Trinajstić information content (AvgIpc) is 3.23. The van der Waals surface area contributed by atoms with Gasteiger partial charge in [-0.3, -0.25) is 0 Å². The van der Waals surface area contributed by atoms with Gasteiger partial charge in [0.15, 0.2) is 0 Å². The summed E-state index contributed by atoms with van der Waals surface area (Å²) in [6, 6.07) is 22.0. The molecule has 2 atom stereocenters. The van der Waals surface area contributed by atoms with Crippen molar-refractivity contribution in [1.29, 1.82) is 0 Å². The topological polar surface area (TPSA) is 41.6 Å². The molecule has 5 heteroatoms. The molecule has 0 saturated carbocycles. The molecule has 0 spiro atoms. The summed E-state index contributed by atoms with van der Waals surface area (Å²) < 4.78 is 6.07. The molecule has 27 heavy (non-hydrogen) atoms. The summed E-state index contributed by atoms with van der Waals surface area (Å²) >= 11 is 1.67. The molecule has 3 aromatic rings. The molecule has 4 nitrogen and oxygen atoms in total. The van der Waals surface area contributed by atoms with E-state index in [2.05, 4.69) is 11.4 Å². The Hall–Kier alpha value is -2.63. The first-order valence-corrected chi connectivity index (χ1v) is 9.98. The van der Waals surface area contributed by atoms with E-state index < -0.39 is 0 Å². The Labute approximate surface area is 163 Å². The van der Waals surface area contributed by atoms with Crippen LogP contribution in [0.2, 0.25) is 0 Å². The molecular formula is C22H22N2O2S. The molecule has 1 N–H and O–H groups in total. The molecule has 2 heterocycles. The zero-order chi connectivity index (χ0) is 18.6. The monoisotopic (exact) mass is 378 g/mol. The lowest BCUT2D eigenvalue weighted by molar-refractivity contribution is -0.0642. The Morgan fingerprint density at radius 2 is 1.81 bits per heavy atom. The second-order valence-electron chi connectivity index (χ2n) is 6.70. The van der Waals surface area contributed by atoms with Crippen molar-refractivity contribution in [3.8, 4) is 10.4 Å². The normalized spacial score (nSPS) is 19.7. The van der Waals surface area contributed by atoms with Gasteiger partial charge >= 0.3 is 6.03 Å². The Morgan fingerprint density at radius 1 is 1.04 bits per heavy atom. The van der Waals surface area contributed by atoms with Crippen molar-refractivity contribution in [3.05, 3.63) is 77.7 Å². The van der Waals surface area contributed by atoms with Crippen molar-refractivity contribution in [2.45, 2.75) is 19.1 Å². The second kappa shape index (κ2) is 7.94. The number of anilines is 1. The fourth-order valence-corrected chi connectivity index (χ4v) is 4.17. The molecule has 2 amide bonds. The summed E-state index contributed by atoms with van der Waals surface area (Å²) in [4.78, 5) is 16.0. The van der Waals surface area contributed by atoms with Crippen LogP contribution in [0.3, 0.4) is 0 Å². The standard InChI is InChI=1S/C22H22N2O2S/c1-16-14-24(15-20(26-16)17-8-3-2-4-9-17)22(25)23-19-11-6-5-10-18(19)21-12-7-13-27-21/h2-13,16,20H,14-15H2,1H3,(H,23,25). The SMILES string of the molecule is CC1CN(C(=O)Nc2ccccc2-c2cccs2)CC(c2ccccc2)O1. The molecule has 2 aromatic carbocycles. The zero-order valence-electron chi connectivity index (χ0n) is 15.2. The maximum atomic E-state index is 13.0. The van der Waals surface area contributed by atoms with Gasteiger partial charge in [0.2, 0.25) is 0 Å². The van der Waals surface area contributed by atoms with Crippen LogP contribution in [0.15, 0.2) is 72.1 Å². The number of amides is 2. The third-order valence-corrected chi connectivity index (χ3v) is 5.58. The number of rotatable bonds is 3. The van der Waals surface area contributed by atoms with Crippen LogP contribution in [-0.4, -0.2) is 30.1 Å². The largest absolute Gasteiger partial charge is 0.367 e. The number of nitrogens with zero attached hydrogens (tertiary/aromatic N) is 1. The minimum absolute atomic E-state index is 0.0118.